The molecule has 1 atom stereocenters. The first-order chi connectivity index (χ1) is 12.3. The van der Waals surface area contributed by atoms with Crippen molar-refractivity contribution in [2.45, 2.75) is 24.3 Å². The van der Waals surface area contributed by atoms with Gasteiger partial charge in [-0.2, -0.15) is 8.42 Å². The van der Waals surface area contributed by atoms with E-state index >= 15 is 0 Å². The predicted molar refractivity (Wildman–Crippen MR) is 96.8 cm³/mol. The number of ether oxygens (including phenoxy) is 2. The second-order valence-electron chi connectivity index (χ2n) is 5.46. The molecule has 2 rings (SSSR count). The van der Waals surface area contributed by atoms with Crippen molar-refractivity contribution in [2.75, 3.05) is 13.7 Å². The van der Waals surface area contributed by atoms with Crippen molar-refractivity contribution in [3.8, 4) is 5.75 Å². The Morgan fingerprint density at radius 1 is 1.08 bits per heavy atom. The second kappa shape index (κ2) is 9.02. The number of rotatable bonds is 8. The molecule has 0 aromatic heterocycles. The van der Waals surface area contributed by atoms with Gasteiger partial charge in [-0.25, -0.2) is 4.79 Å². The SMILES string of the molecule is COC(=O)C(CCOS(=O)(=O)c1ccc(C)cc1)Oc1ccc(Cl)cc1. The van der Waals surface area contributed by atoms with E-state index in [0.717, 1.165) is 5.56 Å². The van der Waals surface area contributed by atoms with Crippen molar-refractivity contribution in [2.24, 2.45) is 0 Å². The van der Waals surface area contributed by atoms with Crippen molar-refractivity contribution >= 4 is 27.7 Å². The number of hydrogen-bond donors (Lipinski definition) is 0. The van der Waals surface area contributed by atoms with Gasteiger partial charge in [0.1, 0.15) is 5.75 Å². The Hall–Kier alpha value is -2.09. The molecule has 0 N–H and O–H groups in total. The summed E-state index contributed by atoms with van der Waals surface area (Å²) in [5.74, 6) is -0.220. The van der Waals surface area contributed by atoms with Crippen LogP contribution in [0.2, 0.25) is 5.02 Å². The Bertz CT molecular complexity index is 831. The van der Waals surface area contributed by atoms with Crippen LogP contribution in [0.1, 0.15) is 12.0 Å². The van der Waals surface area contributed by atoms with Gasteiger partial charge in [0.15, 0.2) is 6.10 Å². The van der Waals surface area contributed by atoms with E-state index in [2.05, 4.69) is 0 Å². The summed E-state index contributed by atoms with van der Waals surface area (Å²) < 4.78 is 39.6. The molecule has 0 fully saturated rings. The monoisotopic (exact) mass is 398 g/mol. The number of benzene rings is 2. The molecule has 1 unspecified atom stereocenters. The van der Waals surface area contributed by atoms with Gasteiger partial charge in [0, 0.05) is 11.4 Å². The van der Waals surface area contributed by atoms with E-state index in [-0.39, 0.29) is 17.9 Å². The maximum Gasteiger partial charge on any atom is 0.347 e. The minimum atomic E-state index is -3.91. The van der Waals surface area contributed by atoms with Crippen LogP contribution in [0.15, 0.2) is 53.4 Å². The molecule has 2 aromatic rings. The average molecular weight is 399 g/mol. The molecule has 0 amide bonds. The Morgan fingerprint density at radius 3 is 2.27 bits per heavy atom. The van der Waals surface area contributed by atoms with Crippen molar-refractivity contribution < 1.29 is 26.9 Å². The number of hydrogen-bond acceptors (Lipinski definition) is 6. The lowest BCUT2D eigenvalue weighted by atomic mass is 10.2. The minimum Gasteiger partial charge on any atom is -0.479 e. The average Bonchev–Trinajstić information content (AvgIpc) is 2.62. The lowest BCUT2D eigenvalue weighted by molar-refractivity contribution is -0.149. The van der Waals surface area contributed by atoms with Gasteiger partial charge >= 0.3 is 5.97 Å². The zero-order valence-electron chi connectivity index (χ0n) is 14.3. The normalized spacial score (nSPS) is 12.4. The Labute approximate surface area is 157 Å². The number of methoxy groups -OCH3 is 1. The van der Waals surface area contributed by atoms with E-state index < -0.39 is 22.2 Å². The van der Waals surface area contributed by atoms with Gasteiger partial charge in [-0.05, 0) is 43.3 Å². The molecule has 0 saturated heterocycles. The van der Waals surface area contributed by atoms with Crippen molar-refractivity contribution in [3.05, 3.63) is 59.1 Å². The molecule has 6 nitrogen and oxygen atoms in total. The summed E-state index contributed by atoms with van der Waals surface area (Å²) in [5, 5.41) is 0.527. The maximum absolute atomic E-state index is 12.2. The van der Waals surface area contributed by atoms with E-state index in [1.54, 1.807) is 36.4 Å². The van der Waals surface area contributed by atoms with E-state index in [1.807, 2.05) is 6.92 Å². The quantitative estimate of drug-likeness (QED) is 0.501. The molecule has 0 aliphatic rings. The van der Waals surface area contributed by atoms with Gasteiger partial charge in [-0.15, -0.1) is 0 Å². The van der Waals surface area contributed by atoms with Crippen molar-refractivity contribution in [1.29, 1.82) is 0 Å². The summed E-state index contributed by atoms with van der Waals surface area (Å²) >= 11 is 5.81. The number of esters is 1. The highest BCUT2D eigenvalue weighted by Gasteiger charge is 2.23. The van der Waals surface area contributed by atoms with Gasteiger partial charge in [0.2, 0.25) is 0 Å². The molecule has 0 spiro atoms. The van der Waals surface area contributed by atoms with Crippen LogP contribution < -0.4 is 4.74 Å². The number of carbonyl (C=O) groups is 1. The van der Waals surface area contributed by atoms with Crippen molar-refractivity contribution in [1.82, 2.24) is 0 Å². The largest absolute Gasteiger partial charge is 0.479 e. The van der Waals surface area contributed by atoms with Gasteiger partial charge in [0.25, 0.3) is 10.1 Å². The standard InChI is InChI=1S/C18H19ClO6S/c1-13-3-9-16(10-4-13)26(21,22)24-12-11-17(18(20)23-2)25-15-7-5-14(19)6-8-15/h3-10,17H,11-12H2,1-2H3. The lowest BCUT2D eigenvalue weighted by Crippen LogP contribution is -2.30. The third-order valence-corrected chi connectivity index (χ3v) is 5.06. The molecule has 26 heavy (non-hydrogen) atoms. The first kappa shape index (κ1) is 20.2. The third-order valence-electron chi connectivity index (χ3n) is 3.48. The number of aryl methyl sites for hydroxylation is 1. The maximum atomic E-state index is 12.2. The summed E-state index contributed by atoms with van der Waals surface area (Å²) in [6.07, 6.45) is -1.00. The highest BCUT2D eigenvalue weighted by Crippen LogP contribution is 2.19. The molecule has 0 heterocycles. The topological polar surface area (TPSA) is 78.9 Å². The van der Waals surface area contributed by atoms with E-state index in [1.165, 1.54) is 19.2 Å². The second-order valence-corrected chi connectivity index (χ2v) is 7.51. The fourth-order valence-electron chi connectivity index (χ4n) is 2.07. The third kappa shape index (κ3) is 5.72. The van der Waals surface area contributed by atoms with Crippen LogP contribution in [-0.2, 0) is 23.8 Å². The zero-order chi connectivity index (χ0) is 19.2. The van der Waals surface area contributed by atoms with E-state index in [9.17, 15) is 13.2 Å². The van der Waals surface area contributed by atoms with E-state index in [0.29, 0.717) is 10.8 Å². The Kier molecular flexibility index (Phi) is 7.02. The first-order valence-electron chi connectivity index (χ1n) is 7.78. The summed E-state index contributed by atoms with van der Waals surface area (Å²) in [7, 11) is -2.68. The Morgan fingerprint density at radius 2 is 1.69 bits per heavy atom. The molecule has 2 aromatic carbocycles. The molecule has 0 saturated carbocycles. The molecule has 140 valence electrons. The van der Waals surface area contributed by atoms with Crippen LogP contribution in [0.5, 0.6) is 5.75 Å². The molecule has 0 bridgehead atoms. The van der Waals surface area contributed by atoms with Crippen LogP contribution in [0.3, 0.4) is 0 Å². The van der Waals surface area contributed by atoms with Crippen LogP contribution in [-0.4, -0.2) is 34.2 Å². The van der Waals surface area contributed by atoms with Crippen LogP contribution in [0, 0.1) is 6.92 Å². The summed E-state index contributed by atoms with van der Waals surface area (Å²) in [5.41, 5.74) is 0.936. The molecule has 0 radical (unpaired) electrons. The van der Waals surface area contributed by atoms with Crippen LogP contribution in [0.25, 0.3) is 0 Å². The van der Waals surface area contributed by atoms with Gasteiger partial charge in [-0.1, -0.05) is 29.3 Å². The fourth-order valence-corrected chi connectivity index (χ4v) is 3.12. The summed E-state index contributed by atoms with van der Waals surface area (Å²) in [4.78, 5) is 11.9. The Balaban J connectivity index is 1.99. The van der Waals surface area contributed by atoms with Gasteiger partial charge in [0.05, 0.1) is 18.6 Å². The molecule has 8 heteroatoms. The van der Waals surface area contributed by atoms with Crippen molar-refractivity contribution in [3.63, 3.8) is 0 Å². The molecule has 0 aliphatic heterocycles. The summed E-state index contributed by atoms with van der Waals surface area (Å²) in [6, 6.07) is 12.7. The van der Waals surface area contributed by atoms with E-state index in [4.69, 9.17) is 25.3 Å². The first-order valence-corrected chi connectivity index (χ1v) is 9.56. The fraction of sp³-hybridized carbons (Fsp3) is 0.278. The number of halogens is 1. The van der Waals surface area contributed by atoms with Gasteiger partial charge in [-0.3, -0.25) is 4.18 Å². The smallest absolute Gasteiger partial charge is 0.347 e. The summed E-state index contributed by atoms with van der Waals surface area (Å²) in [6.45, 7) is 1.62. The van der Waals surface area contributed by atoms with Crippen LogP contribution >= 0.6 is 11.6 Å². The number of carbonyl (C=O) groups excluding carboxylic acids is 1. The predicted octanol–water partition coefficient (Wildman–Crippen LogP) is 3.36. The highest BCUT2D eigenvalue weighted by atomic mass is 35.5. The lowest BCUT2D eigenvalue weighted by Gasteiger charge is -2.17. The highest BCUT2D eigenvalue weighted by molar-refractivity contribution is 7.86. The molecular weight excluding hydrogens is 380 g/mol. The molecular formula is C18H19ClO6S. The van der Waals surface area contributed by atoms with Gasteiger partial charge < -0.3 is 9.47 Å². The zero-order valence-corrected chi connectivity index (χ0v) is 15.9. The molecule has 0 aliphatic carbocycles. The minimum absolute atomic E-state index is 0.000388. The van der Waals surface area contributed by atoms with Crippen LogP contribution in [0.4, 0.5) is 0 Å².